The van der Waals surface area contributed by atoms with Gasteiger partial charge in [0.15, 0.2) is 5.69 Å². The van der Waals surface area contributed by atoms with E-state index in [0.717, 1.165) is 12.1 Å². The molecule has 0 amide bonds. The average Bonchev–Trinajstić information content (AvgIpc) is 3.17. The van der Waals surface area contributed by atoms with Crippen molar-refractivity contribution < 1.29 is 27.4 Å². The van der Waals surface area contributed by atoms with E-state index in [4.69, 9.17) is 9.47 Å². The number of hydrogen-bond donors (Lipinski definition) is 0. The number of carbonyl (C=O) groups is 1. The van der Waals surface area contributed by atoms with Crippen molar-refractivity contribution >= 4 is 5.97 Å². The van der Waals surface area contributed by atoms with Gasteiger partial charge in [0.05, 0.1) is 24.5 Å². The van der Waals surface area contributed by atoms with Crippen LogP contribution in [0.1, 0.15) is 22.5 Å². The van der Waals surface area contributed by atoms with E-state index in [1.54, 1.807) is 0 Å². The molecule has 0 radical (unpaired) electrons. The Labute approximate surface area is 129 Å². The highest BCUT2D eigenvalue weighted by Crippen LogP contribution is 2.30. The van der Waals surface area contributed by atoms with Crippen LogP contribution in [0.2, 0.25) is 0 Å². The zero-order valence-corrected chi connectivity index (χ0v) is 11.9. The summed E-state index contributed by atoms with van der Waals surface area (Å²) in [5.41, 5.74) is -0.532. The molecule has 1 atom stereocenters. The van der Waals surface area contributed by atoms with Crippen molar-refractivity contribution in [1.82, 2.24) is 9.78 Å². The molecule has 1 aliphatic rings. The monoisotopic (exact) mass is 326 g/mol. The zero-order chi connectivity index (χ0) is 16.4. The van der Waals surface area contributed by atoms with Crippen LogP contribution in [0.5, 0.6) is 0 Å². The number of nitrogens with zero attached hydrogens (tertiary/aromatic N) is 2. The lowest BCUT2D eigenvalue weighted by Gasteiger charge is -2.09. The number of hydrogen-bond acceptors (Lipinski definition) is 4. The molecule has 0 aliphatic carbocycles. The van der Waals surface area contributed by atoms with E-state index in [0.29, 0.717) is 19.6 Å². The summed E-state index contributed by atoms with van der Waals surface area (Å²) in [7, 11) is 0. The molecule has 2 aromatic rings. The fourth-order valence-corrected chi connectivity index (χ4v) is 2.22. The quantitative estimate of drug-likeness (QED) is 0.814. The molecule has 1 aromatic carbocycles. The largest absolute Gasteiger partial charge is 0.455 e. The maximum absolute atomic E-state index is 12.7. The molecule has 3 rings (SSSR count). The molecule has 0 spiro atoms. The predicted molar refractivity (Wildman–Crippen MR) is 73.2 cm³/mol. The number of rotatable bonds is 3. The zero-order valence-electron chi connectivity index (χ0n) is 11.9. The van der Waals surface area contributed by atoms with Crippen LogP contribution in [0.15, 0.2) is 36.5 Å². The van der Waals surface area contributed by atoms with Crippen molar-refractivity contribution in [3.63, 3.8) is 0 Å². The number of ether oxygens (including phenoxy) is 2. The second-order valence-corrected chi connectivity index (χ2v) is 5.08. The van der Waals surface area contributed by atoms with Crippen LogP contribution in [-0.4, -0.2) is 35.1 Å². The van der Waals surface area contributed by atoms with Gasteiger partial charge in [-0.15, -0.1) is 0 Å². The Morgan fingerprint density at radius 3 is 2.87 bits per heavy atom. The van der Waals surface area contributed by atoms with Crippen LogP contribution < -0.4 is 0 Å². The lowest BCUT2D eigenvalue weighted by Crippen LogP contribution is -2.18. The van der Waals surface area contributed by atoms with Gasteiger partial charge in [0, 0.05) is 12.6 Å². The summed E-state index contributed by atoms with van der Waals surface area (Å²) in [4.78, 5) is 11.9. The van der Waals surface area contributed by atoms with Crippen LogP contribution >= 0.6 is 0 Å². The van der Waals surface area contributed by atoms with Crippen LogP contribution in [0.4, 0.5) is 13.2 Å². The van der Waals surface area contributed by atoms with Crippen LogP contribution in [0.25, 0.3) is 5.69 Å². The Bertz CT molecular complexity index is 706. The van der Waals surface area contributed by atoms with Crippen molar-refractivity contribution in [2.75, 3.05) is 13.2 Å². The molecule has 0 saturated carbocycles. The topological polar surface area (TPSA) is 53.4 Å². The molecule has 1 aromatic heterocycles. The standard InChI is InChI=1S/C15H13F3N2O3/c16-15(17,18)10-2-1-3-11(8-10)20-6-4-13(19-20)14(21)23-12-5-7-22-9-12/h1-4,6,8,12H,5,7,9H2/t12-/m0/s1. The van der Waals surface area contributed by atoms with E-state index in [9.17, 15) is 18.0 Å². The summed E-state index contributed by atoms with van der Waals surface area (Å²) in [6.45, 7) is 0.886. The Hall–Kier alpha value is -2.35. The Morgan fingerprint density at radius 2 is 2.17 bits per heavy atom. The van der Waals surface area contributed by atoms with Crippen molar-refractivity contribution in [3.05, 3.63) is 47.8 Å². The van der Waals surface area contributed by atoms with E-state index in [2.05, 4.69) is 5.10 Å². The molecule has 1 aliphatic heterocycles. The minimum atomic E-state index is -4.44. The van der Waals surface area contributed by atoms with Crippen molar-refractivity contribution in [3.8, 4) is 5.69 Å². The number of carbonyl (C=O) groups excluding carboxylic acids is 1. The van der Waals surface area contributed by atoms with E-state index in [1.807, 2.05) is 0 Å². The first-order chi connectivity index (χ1) is 10.9. The molecule has 5 nitrogen and oxygen atoms in total. The van der Waals surface area contributed by atoms with E-state index < -0.39 is 17.7 Å². The Kier molecular flexibility index (Phi) is 4.08. The molecule has 0 N–H and O–H groups in total. The maximum atomic E-state index is 12.7. The third-order valence-corrected chi connectivity index (χ3v) is 3.40. The second-order valence-electron chi connectivity index (χ2n) is 5.08. The first kappa shape index (κ1) is 15.5. The molecule has 2 heterocycles. The fraction of sp³-hybridized carbons (Fsp3) is 0.333. The molecular formula is C15H13F3N2O3. The summed E-state index contributed by atoms with van der Waals surface area (Å²) in [5.74, 6) is -0.619. The van der Waals surface area contributed by atoms with E-state index in [-0.39, 0.29) is 17.5 Å². The summed E-state index contributed by atoms with van der Waals surface area (Å²) in [5, 5.41) is 3.98. The second kappa shape index (κ2) is 6.04. The highest BCUT2D eigenvalue weighted by atomic mass is 19.4. The van der Waals surface area contributed by atoms with Gasteiger partial charge in [0.25, 0.3) is 0 Å². The predicted octanol–water partition coefficient (Wildman–Crippen LogP) is 2.84. The van der Waals surface area contributed by atoms with Crippen LogP contribution in [0.3, 0.4) is 0 Å². The molecule has 8 heteroatoms. The number of aromatic nitrogens is 2. The molecule has 1 saturated heterocycles. The maximum Gasteiger partial charge on any atom is 0.416 e. The minimum absolute atomic E-state index is 0.0364. The van der Waals surface area contributed by atoms with Crippen molar-refractivity contribution in [2.24, 2.45) is 0 Å². The van der Waals surface area contributed by atoms with Gasteiger partial charge in [0.2, 0.25) is 0 Å². The van der Waals surface area contributed by atoms with Gasteiger partial charge in [-0.2, -0.15) is 18.3 Å². The molecule has 0 unspecified atom stereocenters. The van der Waals surface area contributed by atoms with Crippen LogP contribution in [0, 0.1) is 0 Å². The number of benzene rings is 1. The van der Waals surface area contributed by atoms with Crippen molar-refractivity contribution in [1.29, 1.82) is 0 Å². The number of esters is 1. The van der Waals surface area contributed by atoms with Gasteiger partial charge in [0.1, 0.15) is 6.10 Å². The highest BCUT2D eigenvalue weighted by Gasteiger charge is 2.30. The van der Waals surface area contributed by atoms with Crippen LogP contribution in [-0.2, 0) is 15.7 Å². The third kappa shape index (κ3) is 3.53. The summed E-state index contributed by atoms with van der Waals surface area (Å²) in [6.07, 6.45) is -2.70. The lowest BCUT2D eigenvalue weighted by molar-refractivity contribution is -0.137. The molecule has 1 fully saturated rings. The minimum Gasteiger partial charge on any atom is -0.455 e. The van der Waals surface area contributed by atoms with E-state index >= 15 is 0 Å². The Balaban J connectivity index is 1.77. The summed E-state index contributed by atoms with van der Waals surface area (Å²) >= 11 is 0. The first-order valence-corrected chi connectivity index (χ1v) is 6.95. The average molecular weight is 326 g/mol. The SMILES string of the molecule is O=C(O[C@H]1CCOC1)c1ccn(-c2cccc(C(F)(F)F)c2)n1. The van der Waals surface area contributed by atoms with Gasteiger partial charge in [-0.05, 0) is 24.3 Å². The van der Waals surface area contributed by atoms with Gasteiger partial charge in [-0.1, -0.05) is 6.07 Å². The molecule has 23 heavy (non-hydrogen) atoms. The van der Waals surface area contributed by atoms with Crippen molar-refractivity contribution in [2.45, 2.75) is 18.7 Å². The third-order valence-electron chi connectivity index (χ3n) is 3.40. The van der Waals surface area contributed by atoms with Gasteiger partial charge >= 0.3 is 12.1 Å². The molecule has 122 valence electrons. The first-order valence-electron chi connectivity index (χ1n) is 6.95. The Morgan fingerprint density at radius 1 is 1.35 bits per heavy atom. The van der Waals surface area contributed by atoms with E-state index in [1.165, 1.54) is 29.1 Å². The normalized spacial score (nSPS) is 18.1. The highest BCUT2D eigenvalue weighted by molar-refractivity contribution is 5.87. The summed E-state index contributed by atoms with van der Waals surface area (Å²) < 4.78 is 49.7. The van der Waals surface area contributed by atoms with Gasteiger partial charge in [-0.25, -0.2) is 9.48 Å². The van der Waals surface area contributed by atoms with Gasteiger partial charge < -0.3 is 9.47 Å². The number of halogens is 3. The summed E-state index contributed by atoms with van der Waals surface area (Å²) in [6, 6.07) is 6.10. The smallest absolute Gasteiger partial charge is 0.416 e. The number of alkyl halides is 3. The molecule has 0 bridgehead atoms. The fourth-order valence-electron chi connectivity index (χ4n) is 2.22. The lowest BCUT2D eigenvalue weighted by atomic mass is 10.2. The van der Waals surface area contributed by atoms with Gasteiger partial charge in [-0.3, -0.25) is 0 Å². The molecular weight excluding hydrogens is 313 g/mol.